The average Bonchev–Trinajstić information content (AvgIpc) is 2.19. The van der Waals surface area contributed by atoms with E-state index in [0.717, 1.165) is 115 Å². The first kappa shape index (κ1) is 90.1. The van der Waals surface area contributed by atoms with E-state index in [1.807, 2.05) is 0 Å². The molecule has 3 N–H and O–H groups in total. The van der Waals surface area contributed by atoms with E-state index < -0.39 is 97.5 Å². The number of aliphatic hydroxyl groups is 1. The molecule has 0 aliphatic carbocycles. The number of ether oxygens (including phenoxy) is 4. The van der Waals surface area contributed by atoms with Crippen molar-refractivity contribution in [3.8, 4) is 0 Å². The van der Waals surface area contributed by atoms with Crippen LogP contribution in [-0.4, -0.2) is 96.7 Å². The fourth-order valence-corrected chi connectivity index (χ4v) is 12.6. The topological polar surface area (TPSA) is 237 Å². The number of aliphatic hydroxyl groups excluding tert-OH is 1. The van der Waals surface area contributed by atoms with E-state index in [9.17, 15) is 43.2 Å². The zero-order valence-corrected chi connectivity index (χ0v) is 62.0. The summed E-state index contributed by atoms with van der Waals surface area (Å²) in [5, 5.41) is 10.6. The summed E-state index contributed by atoms with van der Waals surface area (Å²) < 4.78 is 68.3. The summed E-state index contributed by atoms with van der Waals surface area (Å²) >= 11 is 0. The molecule has 546 valence electrons. The van der Waals surface area contributed by atoms with Gasteiger partial charge in [-0.15, -0.1) is 0 Å². The molecule has 0 aliphatic rings. The predicted octanol–water partition coefficient (Wildman–Crippen LogP) is 20.9. The van der Waals surface area contributed by atoms with Gasteiger partial charge in [-0.3, -0.25) is 37.3 Å². The van der Waals surface area contributed by atoms with E-state index in [0.29, 0.717) is 37.5 Å². The molecule has 0 saturated carbocycles. The van der Waals surface area contributed by atoms with Gasteiger partial charge >= 0.3 is 39.5 Å². The van der Waals surface area contributed by atoms with E-state index >= 15 is 0 Å². The largest absolute Gasteiger partial charge is 0.472 e. The van der Waals surface area contributed by atoms with Crippen LogP contribution < -0.4 is 0 Å². The van der Waals surface area contributed by atoms with Gasteiger partial charge in [-0.05, 0) is 49.4 Å². The van der Waals surface area contributed by atoms with E-state index in [4.69, 9.17) is 37.0 Å². The van der Waals surface area contributed by atoms with E-state index in [2.05, 4.69) is 55.4 Å². The van der Waals surface area contributed by atoms with Gasteiger partial charge in [0.1, 0.15) is 19.3 Å². The highest BCUT2D eigenvalue weighted by molar-refractivity contribution is 7.47. The van der Waals surface area contributed by atoms with Crippen LogP contribution in [0, 0.1) is 23.7 Å². The minimum absolute atomic E-state index is 0.103. The lowest BCUT2D eigenvalue weighted by molar-refractivity contribution is -0.161. The van der Waals surface area contributed by atoms with Gasteiger partial charge in [0.15, 0.2) is 12.2 Å². The highest BCUT2D eigenvalue weighted by Crippen LogP contribution is 2.45. The summed E-state index contributed by atoms with van der Waals surface area (Å²) in [6, 6.07) is 0. The monoisotopic (exact) mass is 1350 g/mol. The molecular formula is C73H142O17P2. The van der Waals surface area contributed by atoms with Crippen LogP contribution in [0.15, 0.2) is 0 Å². The summed E-state index contributed by atoms with van der Waals surface area (Å²) in [7, 11) is -9.90. The molecule has 0 aromatic carbocycles. The van der Waals surface area contributed by atoms with Crippen LogP contribution in [0.2, 0.25) is 0 Å². The second kappa shape index (κ2) is 62.6. The van der Waals surface area contributed by atoms with Crippen molar-refractivity contribution in [2.75, 3.05) is 39.6 Å². The van der Waals surface area contributed by atoms with Crippen LogP contribution in [-0.2, 0) is 65.4 Å². The third-order valence-corrected chi connectivity index (χ3v) is 19.1. The van der Waals surface area contributed by atoms with E-state index in [1.165, 1.54) is 154 Å². The van der Waals surface area contributed by atoms with Crippen LogP contribution in [0.1, 0.15) is 364 Å². The van der Waals surface area contributed by atoms with Crippen LogP contribution in [0.5, 0.6) is 0 Å². The molecule has 0 spiro atoms. The number of unbranched alkanes of at least 4 members (excludes halogenated alkanes) is 35. The van der Waals surface area contributed by atoms with Gasteiger partial charge in [0.2, 0.25) is 0 Å². The van der Waals surface area contributed by atoms with Gasteiger partial charge in [0, 0.05) is 25.7 Å². The number of rotatable bonds is 70. The Hall–Kier alpha value is -1.94. The SMILES string of the molecule is CCC(C)CCCCCCCCCCCCCCCCCCCCC(=O)O[C@H](COC(=O)CCCCCCCCC(C)C)COP(=O)(O)OCC(O)COP(=O)(O)OC[C@@H](COC(=O)CCCCCCCCCC(C)C)OC(=O)CCCCCCCCCCC(C)C. The molecule has 19 heteroatoms. The Balaban J connectivity index is 5.13. The first-order valence-electron chi connectivity index (χ1n) is 37.7. The van der Waals surface area contributed by atoms with Gasteiger partial charge < -0.3 is 33.8 Å². The van der Waals surface area contributed by atoms with Crippen LogP contribution >= 0.6 is 15.6 Å². The molecule has 0 rings (SSSR count). The number of carbonyl (C=O) groups is 4. The van der Waals surface area contributed by atoms with Crippen LogP contribution in [0.25, 0.3) is 0 Å². The molecule has 0 bridgehead atoms. The van der Waals surface area contributed by atoms with Crippen molar-refractivity contribution in [3.05, 3.63) is 0 Å². The molecule has 0 radical (unpaired) electrons. The minimum atomic E-state index is -4.95. The second-order valence-electron chi connectivity index (χ2n) is 28.0. The van der Waals surface area contributed by atoms with Crippen LogP contribution in [0.4, 0.5) is 0 Å². The van der Waals surface area contributed by atoms with Crippen molar-refractivity contribution >= 4 is 39.5 Å². The molecule has 0 fully saturated rings. The highest BCUT2D eigenvalue weighted by Gasteiger charge is 2.30. The Kier molecular flexibility index (Phi) is 61.3. The highest BCUT2D eigenvalue weighted by atomic mass is 31.2. The first-order chi connectivity index (χ1) is 44.1. The molecule has 17 nitrogen and oxygen atoms in total. The fraction of sp³-hybridized carbons (Fsp3) is 0.945. The molecule has 0 amide bonds. The third-order valence-electron chi connectivity index (χ3n) is 17.2. The van der Waals surface area contributed by atoms with E-state index in [1.54, 1.807) is 0 Å². The maximum atomic E-state index is 13.0. The summed E-state index contributed by atoms with van der Waals surface area (Å²) in [6.07, 6.45) is 46.3. The standard InChI is InChI=1S/C73H142O17P2/c1-9-66(8)52-44-36-27-20-18-16-14-12-10-11-13-15-17-19-21-28-39-47-55-72(77)89-69(60-84-71(76)54-46-38-32-31-35-43-51-65(6)7)62-88-92(81,82)86-58-67(74)57-85-91(79,80)87-61-68(59-83-70(75)53-45-37-30-24-26-34-42-50-64(4)5)90-73(78)56-48-40-29-23-22-25-33-41-49-63(2)3/h63-69,74H,9-62H2,1-8H3,(H,79,80)(H,81,82)/t66?,67?,68-,69-/m1/s1. The lowest BCUT2D eigenvalue weighted by Gasteiger charge is -2.21. The molecule has 0 aliphatic heterocycles. The maximum Gasteiger partial charge on any atom is 0.472 e. The Morgan fingerprint density at radius 3 is 0.772 bits per heavy atom. The summed E-state index contributed by atoms with van der Waals surface area (Å²) in [5.74, 6) is 0.842. The second-order valence-corrected chi connectivity index (χ2v) is 30.9. The molecule has 6 atom stereocenters. The number of phosphoric acid groups is 2. The zero-order valence-electron chi connectivity index (χ0n) is 60.2. The Morgan fingerprint density at radius 2 is 0.522 bits per heavy atom. The Bertz CT molecular complexity index is 1820. The van der Waals surface area contributed by atoms with Crippen molar-refractivity contribution in [1.82, 2.24) is 0 Å². The fourth-order valence-electron chi connectivity index (χ4n) is 11.0. The molecule has 0 aromatic heterocycles. The lowest BCUT2D eigenvalue weighted by Crippen LogP contribution is -2.30. The summed E-state index contributed by atoms with van der Waals surface area (Å²) in [4.78, 5) is 72.5. The maximum absolute atomic E-state index is 13.0. The van der Waals surface area contributed by atoms with Crippen LogP contribution in [0.3, 0.4) is 0 Å². The van der Waals surface area contributed by atoms with Gasteiger partial charge in [-0.1, -0.05) is 312 Å². The average molecular weight is 1350 g/mol. The van der Waals surface area contributed by atoms with Crippen molar-refractivity contribution in [3.63, 3.8) is 0 Å². The predicted molar refractivity (Wildman–Crippen MR) is 372 cm³/mol. The molecule has 92 heavy (non-hydrogen) atoms. The van der Waals surface area contributed by atoms with Gasteiger partial charge in [0.25, 0.3) is 0 Å². The lowest BCUT2D eigenvalue weighted by atomic mass is 9.99. The van der Waals surface area contributed by atoms with Gasteiger partial charge in [0.05, 0.1) is 26.4 Å². The van der Waals surface area contributed by atoms with Crippen molar-refractivity contribution < 1.29 is 80.2 Å². The van der Waals surface area contributed by atoms with Gasteiger partial charge in [-0.2, -0.15) is 0 Å². The third kappa shape index (κ3) is 65.4. The number of carbonyl (C=O) groups excluding carboxylic acids is 4. The Morgan fingerprint density at radius 1 is 0.304 bits per heavy atom. The molecule has 0 heterocycles. The zero-order chi connectivity index (χ0) is 68.2. The summed E-state index contributed by atoms with van der Waals surface area (Å²) in [6.45, 7) is 14.1. The summed E-state index contributed by atoms with van der Waals surface area (Å²) in [5.41, 5.74) is 0. The molecule has 0 aromatic rings. The Labute approximate surface area is 562 Å². The number of hydrogen-bond acceptors (Lipinski definition) is 15. The van der Waals surface area contributed by atoms with Crippen molar-refractivity contribution in [2.45, 2.75) is 382 Å². The first-order valence-corrected chi connectivity index (χ1v) is 40.7. The normalized spacial score (nSPS) is 14.5. The number of esters is 4. The number of phosphoric ester groups is 2. The van der Waals surface area contributed by atoms with Crippen molar-refractivity contribution in [2.24, 2.45) is 23.7 Å². The molecular weight excluding hydrogens is 1210 g/mol. The molecule has 4 unspecified atom stereocenters. The number of hydrogen-bond donors (Lipinski definition) is 3. The van der Waals surface area contributed by atoms with Crippen molar-refractivity contribution in [1.29, 1.82) is 0 Å². The van der Waals surface area contributed by atoms with Gasteiger partial charge in [-0.25, -0.2) is 9.13 Å². The quantitative estimate of drug-likeness (QED) is 0.0222. The smallest absolute Gasteiger partial charge is 0.462 e. The van der Waals surface area contributed by atoms with E-state index in [-0.39, 0.29) is 25.7 Å². The minimum Gasteiger partial charge on any atom is -0.462 e. The molecule has 0 saturated heterocycles.